The number of hydrogen-bond donors (Lipinski definition) is 5. The van der Waals surface area contributed by atoms with Crippen molar-refractivity contribution in [3.8, 4) is 0 Å². The van der Waals surface area contributed by atoms with Crippen LogP contribution in [-0.4, -0.2) is 27.9 Å². The molecule has 8 N–H and O–H groups in total. The highest BCUT2D eigenvalue weighted by atomic mass is 16.2. The number of hydrogen-bond acceptors (Lipinski definition) is 7. The number of urea groups is 1. The van der Waals surface area contributed by atoms with Gasteiger partial charge in [-0.05, 0) is 37.1 Å². The lowest BCUT2D eigenvalue weighted by atomic mass is 9.99. The van der Waals surface area contributed by atoms with Gasteiger partial charge in [-0.3, -0.25) is 15.5 Å². The number of carbonyl (C=O) groups is 2. The highest BCUT2D eigenvalue weighted by Gasteiger charge is 2.42. The molecule has 2 heterocycles. The number of nitrogens with two attached hydrogens (primary N) is 3. The van der Waals surface area contributed by atoms with Crippen molar-refractivity contribution in [2.45, 2.75) is 32.4 Å². The number of amides is 3. The standard InChI is InChI=1S/C14H19N5O2.C6H8N2/c1-9(10-5-3-2-4-6-10)18-14(21)19-12(7-13(19)20)11(15)8-17-16;1-5-2-3-8-6(7)4-5/h2-6,8-9,12,17H,7,15-16H2,1H3,(H,18,21);2-4H,1H3,(H2,7,8)/b11-8-;. The number of nitrogens with zero attached hydrogens (tertiary/aromatic N) is 2. The second-order valence-corrected chi connectivity index (χ2v) is 6.63. The summed E-state index contributed by atoms with van der Waals surface area (Å²) in [6.07, 6.45) is 3.28. The third kappa shape index (κ3) is 5.94. The van der Waals surface area contributed by atoms with E-state index in [0.717, 1.165) is 16.0 Å². The number of carbonyl (C=O) groups excluding carboxylic acids is 2. The largest absolute Gasteiger partial charge is 0.399 e. The molecule has 9 heteroatoms. The molecule has 0 bridgehead atoms. The van der Waals surface area contributed by atoms with E-state index < -0.39 is 12.1 Å². The van der Waals surface area contributed by atoms with Crippen molar-refractivity contribution in [3.05, 3.63) is 71.7 Å². The second-order valence-electron chi connectivity index (χ2n) is 6.63. The van der Waals surface area contributed by atoms with Crippen LogP contribution in [0.5, 0.6) is 0 Å². The first-order valence-corrected chi connectivity index (χ1v) is 9.10. The van der Waals surface area contributed by atoms with Gasteiger partial charge in [-0.15, -0.1) is 0 Å². The van der Waals surface area contributed by atoms with Crippen LogP contribution < -0.4 is 28.1 Å². The topological polar surface area (TPSA) is 152 Å². The van der Waals surface area contributed by atoms with E-state index in [0.29, 0.717) is 11.5 Å². The Morgan fingerprint density at radius 2 is 2.00 bits per heavy atom. The van der Waals surface area contributed by atoms with E-state index in [1.54, 1.807) is 6.20 Å². The molecule has 3 rings (SSSR count). The average molecular weight is 397 g/mol. The molecule has 2 atom stereocenters. The maximum Gasteiger partial charge on any atom is 0.325 e. The van der Waals surface area contributed by atoms with Crippen molar-refractivity contribution < 1.29 is 9.59 Å². The van der Waals surface area contributed by atoms with Gasteiger partial charge in [0.25, 0.3) is 0 Å². The Morgan fingerprint density at radius 1 is 1.31 bits per heavy atom. The second kappa shape index (κ2) is 10.1. The van der Waals surface area contributed by atoms with Crippen LogP contribution in [0.2, 0.25) is 0 Å². The molecular formula is C20H27N7O2. The fourth-order valence-electron chi connectivity index (χ4n) is 2.77. The molecule has 1 aromatic carbocycles. The van der Waals surface area contributed by atoms with Gasteiger partial charge in [0.05, 0.1) is 18.5 Å². The van der Waals surface area contributed by atoms with Crippen LogP contribution in [0.25, 0.3) is 0 Å². The van der Waals surface area contributed by atoms with Crippen molar-refractivity contribution in [1.29, 1.82) is 0 Å². The minimum Gasteiger partial charge on any atom is -0.399 e. The molecule has 2 aromatic rings. The van der Waals surface area contributed by atoms with Gasteiger partial charge in [-0.2, -0.15) is 0 Å². The lowest BCUT2D eigenvalue weighted by molar-refractivity contribution is -0.139. The van der Waals surface area contributed by atoms with E-state index in [9.17, 15) is 9.59 Å². The fourth-order valence-corrected chi connectivity index (χ4v) is 2.77. The summed E-state index contributed by atoms with van der Waals surface area (Å²) >= 11 is 0. The molecule has 2 unspecified atom stereocenters. The molecule has 1 aliphatic heterocycles. The van der Waals surface area contributed by atoms with Crippen molar-refractivity contribution in [3.63, 3.8) is 0 Å². The number of anilines is 1. The van der Waals surface area contributed by atoms with Crippen LogP contribution in [0.3, 0.4) is 0 Å². The molecule has 0 aliphatic carbocycles. The number of nitrogen functional groups attached to an aromatic ring is 1. The van der Waals surface area contributed by atoms with Gasteiger partial charge in [0.15, 0.2) is 0 Å². The maximum atomic E-state index is 12.2. The van der Waals surface area contributed by atoms with E-state index in [4.69, 9.17) is 17.3 Å². The normalized spacial score (nSPS) is 16.8. The summed E-state index contributed by atoms with van der Waals surface area (Å²) in [6, 6.07) is 12.1. The molecule has 1 fully saturated rings. The minimum absolute atomic E-state index is 0.203. The summed E-state index contributed by atoms with van der Waals surface area (Å²) in [6.45, 7) is 3.84. The van der Waals surface area contributed by atoms with Crippen LogP contribution in [0, 0.1) is 6.92 Å². The van der Waals surface area contributed by atoms with E-state index in [-0.39, 0.29) is 18.4 Å². The highest BCUT2D eigenvalue weighted by Crippen LogP contribution is 2.24. The highest BCUT2D eigenvalue weighted by molar-refractivity contribution is 6.00. The van der Waals surface area contributed by atoms with Gasteiger partial charge >= 0.3 is 6.03 Å². The summed E-state index contributed by atoms with van der Waals surface area (Å²) in [5, 5.41) is 2.79. The van der Waals surface area contributed by atoms with Gasteiger partial charge in [0.2, 0.25) is 5.91 Å². The molecule has 1 aliphatic rings. The SMILES string of the molecule is CC(NC(=O)N1C(=O)CC1/C(N)=C/NN)c1ccccc1.Cc1ccnc(N)c1. The van der Waals surface area contributed by atoms with Crippen molar-refractivity contribution in [2.75, 3.05) is 5.73 Å². The monoisotopic (exact) mass is 397 g/mol. The van der Waals surface area contributed by atoms with Gasteiger partial charge in [-0.1, -0.05) is 30.3 Å². The predicted molar refractivity (Wildman–Crippen MR) is 112 cm³/mol. The Kier molecular flexibility index (Phi) is 7.55. The maximum absolute atomic E-state index is 12.2. The molecular weight excluding hydrogens is 370 g/mol. The van der Waals surface area contributed by atoms with Gasteiger partial charge in [-0.25, -0.2) is 9.78 Å². The van der Waals surface area contributed by atoms with Crippen LogP contribution in [0.1, 0.15) is 30.5 Å². The first-order valence-electron chi connectivity index (χ1n) is 9.10. The molecule has 154 valence electrons. The van der Waals surface area contributed by atoms with Crippen molar-refractivity contribution in [1.82, 2.24) is 20.6 Å². The Balaban J connectivity index is 0.000000313. The van der Waals surface area contributed by atoms with Crippen LogP contribution >= 0.6 is 0 Å². The zero-order chi connectivity index (χ0) is 21.4. The minimum atomic E-state index is -0.457. The Labute approximate surface area is 169 Å². The van der Waals surface area contributed by atoms with Crippen LogP contribution in [0.15, 0.2) is 60.6 Å². The van der Waals surface area contributed by atoms with E-state index in [2.05, 4.69) is 15.7 Å². The zero-order valence-corrected chi connectivity index (χ0v) is 16.5. The lowest BCUT2D eigenvalue weighted by Crippen LogP contribution is -2.60. The number of β-lactam (4-membered cyclic amide) rings is 1. The first-order chi connectivity index (χ1) is 13.8. The molecule has 3 amide bonds. The molecule has 0 spiro atoms. The first kappa shape index (κ1) is 21.7. The molecule has 0 saturated carbocycles. The van der Waals surface area contributed by atoms with Gasteiger partial charge < -0.3 is 22.2 Å². The van der Waals surface area contributed by atoms with Gasteiger partial charge in [0.1, 0.15) is 5.82 Å². The fraction of sp³-hybridized carbons (Fsp3) is 0.250. The number of hydrazine groups is 1. The number of imide groups is 1. The zero-order valence-electron chi connectivity index (χ0n) is 16.5. The molecule has 1 aromatic heterocycles. The summed E-state index contributed by atoms with van der Waals surface area (Å²) in [7, 11) is 0. The summed E-state index contributed by atoms with van der Waals surface area (Å²) in [4.78, 5) is 28.8. The number of aromatic nitrogens is 1. The Bertz CT molecular complexity index is 853. The smallest absolute Gasteiger partial charge is 0.325 e. The molecule has 1 saturated heterocycles. The van der Waals surface area contributed by atoms with E-state index in [1.807, 2.05) is 56.3 Å². The number of benzene rings is 1. The number of aryl methyl sites for hydroxylation is 1. The van der Waals surface area contributed by atoms with Gasteiger partial charge in [0, 0.05) is 18.1 Å². The van der Waals surface area contributed by atoms with Crippen LogP contribution in [-0.2, 0) is 4.79 Å². The quantitative estimate of drug-likeness (QED) is 0.296. The third-order valence-electron chi connectivity index (χ3n) is 4.38. The van der Waals surface area contributed by atoms with E-state index >= 15 is 0 Å². The molecule has 29 heavy (non-hydrogen) atoms. The lowest BCUT2D eigenvalue weighted by Gasteiger charge is -2.39. The number of nitrogens with one attached hydrogen (secondary N) is 2. The van der Waals surface area contributed by atoms with E-state index in [1.165, 1.54) is 6.20 Å². The molecule has 9 nitrogen and oxygen atoms in total. The van der Waals surface area contributed by atoms with Crippen LogP contribution in [0.4, 0.5) is 10.6 Å². The van der Waals surface area contributed by atoms with Crippen molar-refractivity contribution >= 4 is 17.8 Å². The Hall–Kier alpha value is -3.59. The summed E-state index contributed by atoms with van der Waals surface area (Å²) < 4.78 is 0. The number of rotatable bonds is 4. The summed E-state index contributed by atoms with van der Waals surface area (Å²) in [5.41, 5.74) is 15.9. The Morgan fingerprint density at radius 3 is 2.52 bits per heavy atom. The number of pyridine rings is 1. The number of likely N-dealkylation sites (tertiary alicyclic amines) is 1. The third-order valence-corrected chi connectivity index (χ3v) is 4.38. The predicted octanol–water partition coefficient (Wildman–Crippen LogP) is 1.29. The average Bonchev–Trinajstić information content (AvgIpc) is 2.67. The van der Waals surface area contributed by atoms with Crippen molar-refractivity contribution in [2.24, 2.45) is 11.6 Å². The molecule has 0 radical (unpaired) electrons. The summed E-state index contributed by atoms with van der Waals surface area (Å²) in [5.74, 6) is 5.48.